The van der Waals surface area contributed by atoms with E-state index in [0.717, 1.165) is 0 Å². The molecule has 23 heavy (non-hydrogen) atoms. The SMILES string of the molecule is COC(=O)c1ccc(OC2(C)CN(C(=O)OC(C)(C)C)C2)cn1. The van der Waals surface area contributed by atoms with Crippen LogP contribution in [0, 0.1) is 0 Å². The summed E-state index contributed by atoms with van der Waals surface area (Å²) in [5.74, 6) is 0.0338. The highest BCUT2D eigenvalue weighted by atomic mass is 16.6. The van der Waals surface area contributed by atoms with Crippen molar-refractivity contribution in [3.63, 3.8) is 0 Å². The summed E-state index contributed by atoms with van der Waals surface area (Å²) in [6.45, 7) is 8.25. The largest absolute Gasteiger partial charge is 0.482 e. The van der Waals surface area contributed by atoms with Crippen molar-refractivity contribution < 1.29 is 23.8 Å². The molecule has 126 valence electrons. The molecule has 0 spiro atoms. The van der Waals surface area contributed by atoms with Gasteiger partial charge in [0.1, 0.15) is 22.6 Å². The first kappa shape index (κ1) is 17.1. The zero-order valence-corrected chi connectivity index (χ0v) is 14.1. The van der Waals surface area contributed by atoms with Crippen LogP contribution in [0.1, 0.15) is 38.2 Å². The van der Waals surface area contributed by atoms with Crippen LogP contribution in [0.3, 0.4) is 0 Å². The lowest BCUT2D eigenvalue weighted by Crippen LogP contribution is -2.65. The molecule has 0 unspecified atom stereocenters. The number of likely N-dealkylation sites (tertiary alicyclic amines) is 1. The number of nitrogens with zero attached hydrogens (tertiary/aromatic N) is 2. The Balaban J connectivity index is 1.90. The quantitative estimate of drug-likeness (QED) is 0.794. The summed E-state index contributed by atoms with van der Waals surface area (Å²) < 4.78 is 15.7. The van der Waals surface area contributed by atoms with E-state index in [-0.39, 0.29) is 11.8 Å². The van der Waals surface area contributed by atoms with E-state index < -0.39 is 17.2 Å². The van der Waals surface area contributed by atoms with Crippen molar-refractivity contribution in [3.05, 3.63) is 24.0 Å². The average Bonchev–Trinajstić information content (AvgIpc) is 2.42. The van der Waals surface area contributed by atoms with Gasteiger partial charge in [-0.15, -0.1) is 0 Å². The summed E-state index contributed by atoms with van der Waals surface area (Å²) in [6, 6.07) is 3.19. The van der Waals surface area contributed by atoms with Gasteiger partial charge in [0.2, 0.25) is 0 Å². The number of amides is 1. The van der Waals surface area contributed by atoms with E-state index in [9.17, 15) is 9.59 Å². The third-order valence-corrected chi connectivity index (χ3v) is 3.20. The summed E-state index contributed by atoms with van der Waals surface area (Å²) in [4.78, 5) is 28.8. The molecule has 0 bridgehead atoms. The number of hydrogen-bond donors (Lipinski definition) is 0. The Morgan fingerprint density at radius 2 is 1.91 bits per heavy atom. The van der Waals surface area contributed by atoms with Gasteiger partial charge in [-0.2, -0.15) is 0 Å². The second kappa shape index (κ2) is 6.06. The molecule has 0 saturated carbocycles. The van der Waals surface area contributed by atoms with Crippen LogP contribution in [0.5, 0.6) is 5.75 Å². The molecule has 7 nitrogen and oxygen atoms in total. The predicted octanol–water partition coefficient (Wildman–Crippen LogP) is 2.26. The Kier molecular flexibility index (Phi) is 4.49. The molecule has 1 saturated heterocycles. The van der Waals surface area contributed by atoms with Gasteiger partial charge in [-0.25, -0.2) is 14.6 Å². The van der Waals surface area contributed by atoms with Gasteiger partial charge in [-0.05, 0) is 39.8 Å². The minimum Gasteiger partial charge on any atom is -0.482 e. The zero-order chi connectivity index (χ0) is 17.3. The molecule has 1 amide bonds. The fraction of sp³-hybridized carbons (Fsp3) is 0.562. The molecule has 0 radical (unpaired) electrons. The van der Waals surface area contributed by atoms with Crippen molar-refractivity contribution in [3.8, 4) is 5.75 Å². The second-order valence-corrected chi connectivity index (χ2v) is 6.76. The molecule has 0 aliphatic carbocycles. The van der Waals surface area contributed by atoms with E-state index in [0.29, 0.717) is 18.8 Å². The van der Waals surface area contributed by atoms with Crippen LogP contribution in [-0.4, -0.2) is 53.3 Å². The first-order chi connectivity index (χ1) is 10.6. The van der Waals surface area contributed by atoms with Crippen LogP contribution in [-0.2, 0) is 9.47 Å². The van der Waals surface area contributed by atoms with Crippen molar-refractivity contribution in [2.75, 3.05) is 20.2 Å². The van der Waals surface area contributed by atoms with Gasteiger partial charge in [0, 0.05) is 0 Å². The van der Waals surface area contributed by atoms with Crippen molar-refractivity contribution in [1.29, 1.82) is 0 Å². The zero-order valence-electron chi connectivity index (χ0n) is 14.1. The minimum absolute atomic E-state index is 0.217. The number of rotatable bonds is 3. The number of ether oxygens (including phenoxy) is 3. The Morgan fingerprint density at radius 1 is 1.26 bits per heavy atom. The highest BCUT2D eigenvalue weighted by molar-refractivity contribution is 5.87. The molecule has 0 N–H and O–H groups in total. The van der Waals surface area contributed by atoms with E-state index in [2.05, 4.69) is 9.72 Å². The van der Waals surface area contributed by atoms with Crippen molar-refractivity contribution in [1.82, 2.24) is 9.88 Å². The lowest BCUT2D eigenvalue weighted by Gasteiger charge is -2.47. The highest BCUT2D eigenvalue weighted by Crippen LogP contribution is 2.28. The second-order valence-electron chi connectivity index (χ2n) is 6.76. The fourth-order valence-electron chi connectivity index (χ4n) is 2.23. The monoisotopic (exact) mass is 322 g/mol. The molecule has 1 aromatic rings. The van der Waals surface area contributed by atoms with Crippen molar-refractivity contribution in [2.45, 2.75) is 38.9 Å². The van der Waals surface area contributed by atoms with E-state index in [1.807, 2.05) is 27.7 Å². The Bertz CT molecular complexity index is 585. The molecule has 2 rings (SSSR count). The van der Waals surface area contributed by atoms with Gasteiger partial charge in [0.15, 0.2) is 0 Å². The molecular formula is C16H22N2O5. The lowest BCUT2D eigenvalue weighted by molar-refractivity contribution is -0.0713. The van der Waals surface area contributed by atoms with Gasteiger partial charge < -0.3 is 19.1 Å². The van der Waals surface area contributed by atoms with Crippen LogP contribution in [0.2, 0.25) is 0 Å². The van der Waals surface area contributed by atoms with Crippen LogP contribution in [0.25, 0.3) is 0 Å². The van der Waals surface area contributed by atoms with Crippen LogP contribution < -0.4 is 4.74 Å². The van der Waals surface area contributed by atoms with Crippen molar-refractivity contribution >= 4 is 12.1 Å². The van der Waals surface area contributed by atoms with Crippen LogP contribution in [0.15, 0.2) is 18.3 Å². The minimum atomic E-state index is -0.516. The third-order valence-electron chi connectivity index (χ3n) is 3.20. The number of esters is 1. The van der Waals surface area contributed by atoms with Crippen molar-refractivity contribution in [2.24, 2.45) is 0 Å². The molecule has 1 aliphatic heterocycles. The highest BCUT2D eigenvalue weighted by Gasteiger charge is 2.45. The third kappa shape index (κ3) is 4.34. The number of methoxy groups -OCH3 is 1. The molecule has 2 heterocycles. The van der Waals surface area contributed by atoms with Gasteiger partial charge in [0.25, 0.3) is 0 Å². The van der Waals surface area contributed by atoms with E-state index in [1.54, 1.807) is 11.0 Å². The van der Waals surface area contributed by atoms with E-state index in [1.165, 1.54) is 19.4 Å². The number of carbonyl (C=O) groups is 2. The Hall–Kier alpha value is -2.31. The first-order valence-electron chi connectivity index (χ1n) is 7.33. The maximum atomic E-state index is 11.9. The first-order valence-corrected chi connectivity index (χ1v) is 7.33. The number of pyridine rings is 1. The standard InChI is InChI=1S/C16H22N2O5/c1-15(2,3)23-14(20)18-9-16(4,10-18)22-11-6-7-12(17-8-11)13(19)21-5/h6-8H,9-10H2,1-5H3. The van der Waals surface area contributed by atoms with Crippen LogP contribution >= 0.6 is 0 Å². The molecule has 0 aromatic carbocycles. The molecule has 1 fully saturated rings. The van der Waals surface area contributed by atoms with Crippen LogP contribution in [0.4, 0.5) is 4.79 Å². The number of hydrogen-bond acceptors (Lipinski definition) is 6. The Labute approximate surface area is 135 Å². The average molecular weight is 322 g/mol. The maximum Gasteiger partial charge on any atom is 0.410 e. The number of carbonyl (C=O) groups excluding carboxylic acids is 2. The number of aromatic nitrogens is 1. The fourth-order valence-corrected chi connectivity index (χ4v) is 2.23. The smallest absolute Gasteiger partial charge is 0.410 e. The molecule has 0 atom stereocenters. The molecule has 7 heteroatoms. The lowest BCUT2D eigenvalue weighted by atomic mass is 9.97. The molecule has 1 aromatic heterocycles. The summed E-state index contributed by atoms with van der Waals surface area (Å²) in [5, 5.41) is 0. The Morgan fingerprint density at radius 3 is 2.39 bits per heavy atom. The normalized spacial score (nSPS) is 16.3. The maximum absolute atomic E-state index is 11.9. The van der Waals surface area contributed by atoms with Gasteiger partial charge in [0.05, 0.1) is 26.4 Å². The van der Waals surface area contributed by atoms with Gasteiger partial charge >= 0.3 is 12.1 Å². The van der Waals surface area contributed by atoms with E-state index in [4.69, 9.17) is 9.47 Å². The van der Waals surface area contributed by atoms with Gasteiger partial charge in [-0.1, -0.05) is 0 Å². The predicted molar refractivity (Wildman–Crippen MR) is 82.4 cm³/mol. The summed E-state index contributed by atoms with van der Waals surface area (Å²) >= 11 is 0. The van der Waals surface area contributed by atoms with Gasteiger partial charge in [-0.3, -0.25) is 0 Å². The van der Waals surface area contributed by atoms with E-state index >= 15 is 0 Å². The molecule has 1 aliphatic rings. The summed E-state index contributed by atoms with van der Waals surface area (Å²) in [7, 11) is 1.30. The summed E-state index contributed by atoms with van der Waals surface area (Å²) in [5.41, 5.74) is -0.794. The topological polar surface area (TPSA) is 78.0 Å². The molecular weight excluding hydrogens is 300 g/mol. The summed E-state index contributed by atoms with van der Waals surface area (Å²) in [6.07, 6.45) is 1.12.